The van der Waals surface area contributed by atoms with E-state index in [1.165, 1.54) is 11.1 Å². The molecule has 4 N–H and O–H groups in total. The molecule has 0 spiro atoms. The van der Waals surface area contributed by atoms with Gasteiger partial charge >= 0.3 is 0 Å². The summed E-state index contributed by atoms with van der Waals surface area (Å²) < 4.78 is 0. The van der Waals surface area contributed by atoms with Crippen molar-refractivity contribution in [2.45, 2.75) is 64.2 Å². The second-order valence-electron chi connectivity index (χ2n) is 7.66. The van der Waals surface area contributed by atoms with Crippen LogP contribution in [0.1, 0.15) is 85.1 Å². The lowest BCUT2D eigenvalue weighted by Crippen LogP contribution is -2.13. The van der Waals surface area contributed by atoms with Crippen molar-refractivity contribution in [3.63, 3.8) is 0 Å². The number of unbranched alkanes of at least 4 members (excludes halogenated alkanes) is 1. The van der Waals surface area contributed by atoms with E-state index >= 15 is 0 Å². The van der Waals surface area contributed by atoms with Crippen LogP contribution in [0.3, 0.4) is 0 Å². The molecule has 1 aromatic heterocycles. The maximum atomic E-state index is 12.5. The largest absolute Gasteiger partial charge is 0.396 e. The summed E-state index contributed by atoms with van der Waals surface area (Å²) in [6.45, 7) is 5.16. The molecule has 0 fully saturated rings. The van der Waals surface area contributed by atoms with Gasteiger partial charge in [-0.1, -0.05) is 44.5 Å². The number of rotatable bonds is 12. The molecule has 1 aromatic carbocycles. The summed E-state index contributed by atoms with van der Waals surface area (Å²) in [7, 11) is 0. The molecular formula is C23H34N2O2. The standard InChI is InChI=1S/C23H34N2O2/c1-17(2)19-10-5-7-18(15-19)8-6-11-23(27)22-13-12-21(25-22)20(16-24)9-3-4-14-26/h5,7,10,12-13,15,17,20,25-26H,3-4,6,8-9,11,14,16,24H2,1-2H3/t20-/m0/s1. The van der Waals surface area contributed by atoms with Crippen LogP contribution in [0.4, 0.5) is 0 Å². The number of ketones is 1. The highest BCUT2D eigenvalue weighted by atomic mass is 16.2. The number of nitrogens with one attached hydrogen (secondary N) is 1. The predicted octanol–water partition coefficient (Wildman–Crippen LogP) is 4.55. The lowest BCUT2D eigenvalue weighted by Gasteiger charge is -2.12. The molecule has 0 amide bonds. The highest BCUT2D eigenvalue weighted by molar-refractivity contribution is 5.94. The van der Waals surface area contributed by atoms with Crippen LogP contribution in [-0.4, -0.2) is 29.0 Å². The molecule has 1 atom stereocenters. The van der Waals surface area contributed by atoms with Gasteiger partial charge in [0, 0.05) is 31.2 Å². The van der Waals surface area contributed by atoms with E-state index in [0.29, 0.717) is 24.6 Å². The van der Waals surface area contributed by atoms with Crippen molar-refractivity contribution in [2.24, 2.45) is 5.73 Å². The fraction of sp³-hybridized carbons (Fsp3) is 0.522. The fourth-order valence-electron chi connectivity index (χ4n) is 3.41. The molecule has 0 radical (unpaired) electrons. The second kappa shape index (κ2) is 11.1. The SMILES string of the molecule is CC(C)c1cccc(CCCC(=O)c2ccc([C@H](CN)CCCCO)[nH]2)c1. The van der Waals surface area contributed by atoms with Crippen LogP contribution in [-0.2, 0) is 6.42 Å². The molecule has 1 heterocycles. The number of H-pyrrole nitrogens is 1. The van der Waals surface area contributed by atoms with E-state index in [1.54, 1.807) is 0 Å². The molecule has 0 saturated heterocycles. The van der Waals surface area contributed by atoms with E-state index in [9.17, 15) is 4.79 Å². The van der Waals surface area contributed by atoms with Gasteiger partial charge in [0.05, 0.1) is 5.69 Å². The van der Waals surface area contributed by atoms with E-state index in [0.717, 1.165) is 37.8 Å². The van der Waals surface area contributed by atoms with E-state index < -0.39 is 0 Å². The summed E-state index contributed by atoms with van der Waals surface area (Å²) >= 11 is 0. The van der Waals surface area contributed by atoms with Gasteiger partial charge in [-0.2, -0.15) is 0 Å². The Kier molecular flexibility index (Phi) is 8.76. The highest BCUT2D eigenvalue weighted by Gasteiger charge is 2.14. The Bertz CT molecular complexity index is 706. The molecule has 2 rings (SSSR count). The van der Waals surface area contributed by atoms with Gasteiger partial charge in [-0.25, -0.2) is 0 Å². The number of hydrogen-bond donors (Lipinski definition) is 3. The molecular weight excluding hydrogens is 336 g/mol. The summed E-state index contributed by atoms with van der Waals surface area (Å²) in [5.41, 5.74) is 10.2. The molecule has 4 nitrogen and oxygen atoms in total. The maximum Gasteiger partial charge on any atom is 0.179 e. The predicted molar refractivity (Wildman–Crippen MR) is 111 cm³/mol. The van der Waals surface area contributed by atoms with Crippen molar-refractivity contribution in [2.75, 3.05) is 13.2 Å². The highest BCUT2D eigenvalue weighted by Crippen LogP contribution is 2.21. The first-order valence-electron chi connectivity index (χ1n) is 10.2. The van der Waals surface area contributed by atoms with Gasteiger partial charge in [-0.3, -0.25) is 4.79 Å². The number of benzene rings is 1. The zero-order valence-corrected chi connectivity index (χ0v) is 16.7. The first kappa shape index (κ1) is 21.4. The molecule has 0 bridgehead atoms. The number of aromatic nitrogens is 1. The third-order valence-corrected chi connectivity index (χ3v) is 5.18. The molecule has 0 aliphatic heterocycles. The zero-order valence-electron chi connectivity index (χ0n) is 16.7. The van der Waals surface area contributed by atoms with Crippen molar-refractivity contribution in [3.8, 4) is 0 Å². The normalized spacial score (nSPS) is 12.5. The minimum absolute atomic E-state index is 0.160. The summed E-state index contributed by atoms with van der Waals surface area (Å²) in [5, 5.41) is 8.92. The van der Waals surface area contributed by atoms with Crippen LogP contribution in [0.2, 0.25) is 0 Å². The molecule has 148 valence electrons. The van der Waals surface area contributed by atoms with Crippen molar-refractivity contribution in [1.29, 1.82) is 0 Å². The number of aliphatic hydroxyl groups excluding tert-OH is 1. The maximum absolute atomic E-state index is 12.5. The van der Waals surface area contributed by atoms with Crippen LogP contribution in [0.15, 0.2) is 36.4 Å². The molecule has 0 aliphatic rings. The van der Waals surface area contributed by atoms with Crippen molar-refractivity contribution in [1.82, 2.24) is 4.98 Å². The number of carbonyl (C=O) groups is 1. The third-order valence-electron chi connectivity index (χ3n) is 5.18. The topological polar surface area (TPSA) is 79.1 Å². The molecule has 2 aromatic rings. The Balaban J connectivity index is 1.85. The van der Waals surface area contributed by atoms with Gasteiger partial charge in [-0.05, 0) is 54.9 Å². The van der Waals surface area contributed by atoms with Crippen LogP contribution in [0.5, 0.6) is 0 Å². The van der Waals surface area contributed by atoms with E-state index in [-0.39, 0.29) is 18.3 Å². The molecule has 27 heavy (non-hydrogen) atoms. The van der Waals surface area contributed by atoms with Gasteiger partial charge in [0.2, 0.25) is 0 Å². The van der Waals surface area contributed by atoms with Crippen molar-refractivity contribution >= 4 is 5.78 Å². The monoisotopic (exact) mass is 370 g/mol. The average Bonchev–Trinajstić information content (AvgIpc) is 3.15. The number of Topliss-reactive ketones (excluding diaryl/α,β-unsaturated/α-hetero) is 1. The molecule has 0 aliphatic carbocycles. The van der Waals surface area contributed by atoms with Crippen molar-refractivity contribution < 1.29 is 9.90 Å². The summed E-state index contributed by atoms with van der Waals surface area (Å²) in [6.07, 6.45) is 4.98. The van der Waals surface area contributed by atoms with Gasteiger partial charge < -0.3 is 15.8 Å². The Morgan fingerprint density at radius 2 is 1.96 bits per heavy atom. The fourth-order valence-corrected chi connectivity index (χ4v) is 3.41. The Morgan fingerprint density at radius 1 is 1.15 bits per heavy atom. The van der Waals surface area contributed by atoms with Gasteiger partial charge in [0.15, 0.2) is 5.78 Å². The Hall–Kier alpha value is -1.91. The number of carbonyl (C=O) groups excluding carboxylic acids is 1. The van der Waals surface area contributed by atoms with Crippen LogP contribution in [0.25, 0.3) is 0 Å². The Labute approximate surface area is 163 Å². The summed E-state index contributed by atoms with van der Waals surface area (Å²) in [5.74, 6) is 0.904. The average molecular weight is 371 g/mol. The van der Waals surface area contributed by atoms with Crippen LogP contribution in [0, 0.1) is 0 Å². The first-order valence-corrected chi connectivity index (χ1v) is 10.2. The number of aliphatic hydroxyl groups is 1. The molecule has 0 unspecified atom stereocenters. The number of nitrogens with two attached hydrogens (primary N) is 1. The molecule has 4 heteroatoms. The second-order valence-corrected chi connectivity index (χ2v) is 7.66. The number of aromatic amines is 1. The molecule has 0 saturated carbocycles. The van der Waals surface area contributed by atoms with Gasteiger partial charge in [0.25, 0.3) is 0 Å². The number of hydrogen-bond acceptors (Lipinski definition) is 3. The lowest BCUT2D eigenvalue weighted by molar-refractivity contribution is 0.0976. The van der Waals surface area contributed by atoms with E-state index in [4.69, 9.17) is 10.8 Å². The smallest absolute Gasteiger partial charge is 0.179 e. The summed E-state index contributed by atoms with van der Waals surface area (Å²) in [4.78, 5) is 15.8. The van der Waals surface area contributed by atoms with Crippen LogP contribution < -0.4 is 5.73 Å². The summed E-state index contributed by atoms with van der Waals surface area (Å²) in [6, 6.07) is 12.5. The van der Waals surface area contributed by atoms with Gasteiger partial charge in [0.1, 0.15) is 0 Å². The zero-order chi connectivity index (χ0) is 19.6. The minimum atomic E-state index is 0.160. The Morgan fingerprint density at radius 3 is 2.67 bits per heavy atom. The van der Waals surface area contributed by atoms with Gasteiger partial charge in [-0.15, -0.1) is 0 Å². The first-order chi connectivity index (χ1) is 13.0. The quantitative estimate of drug-likeness (QED) is 0.379. The minimum Gasteiger partial charge on any atom is -0.396 e. The third kappa shape index (κ3) is 6.64. The van der Waals surface area contributed by atoms with Crippen molar-refractivity contribution in [3.05, 3.63) is 58.9 Å². The van der Waals surface area contributed by atoms with Crippen LogP contribution >= 0.6 is 0 Å². The lowest BCUT2D eigenvalue weighted by atomic mass is 9.98. The van der Waals surface area contributed by atoms with E-state index in [2.05, 4.69) is 43.1 Å². The number of aryl methyl sites for hydroxylation is 1. The van der Waals surface area contributed by atoms with E-state index in [1.807, 2.05) is 12.1 Å².